The minimum atomic E-state index is 0.337. The Balaban J connectivity index is 2.23. The maximum atomic E-state index is 10.9. The molecule has 9 heavy (non-hydrogen) atoms. The van der Waals surface area contributed by atoms with Gasteiger partial charge in [-0.25, -0.2) is 0 Å². The molecule has 1 fully saturated rings. The lowest BCUT2D eigenvalue weighted by atomic mass is 10.2. The van der Waals surface area contributed by atoms with E-state index in [0.29, 0.717) is 18.1 Å². The van der Waals surface area contributed by atoms with Crippen LogP contribution in [0.4, 0.5) is 0 Å². The summed E-state index contributed by atoms with van der Waals surface area (Å²) in [4.78, 5) is 10.9. The molecule has 0 atom stereocenters. The van der Waals surface area contributed by atoms with Crippen molar-refractivity contribution in [3.8, 4) is 11.8 Å². The van der Waals surface area contributed by atoms with Crippen LogP contribution in [0.1, 0.15) is 26.2 Å². The fourth-order valence-electron chi connectivity index (χ4n) is 0.725. The second-order valence-corrected chi connectivity index (χ2v) is 2.34. The van der Waals surface area contributed by atoms with Gasteiger partial charge in [-0.2, -0.15) is 0 Å². The molecule has 0 spiro atoms. The molecule has 0 radical (unpaired) electrons. The van der Waals surface area contributed by atoms with E-state index in [1.54, 1.807) is 6.92 Å². The zero-order chi connectivity index (χ0) is 6.69. The monoisotopic (exact) mass is 122 g/mol. The second-order valence-electron chi connectivity index (χ2n) is 2.34. The van der Waals surface area contributed by atoms with E-state index < -0.39 is 0 Å². The average Bonchev–Trinajstić information content (AvgIpc) is 2.63. The van der Waals surface area contributed by atoms with E-state index in [4.69, 9.17) is 0 Å². The molecule has 0 N–H and O–H groups in total. The van der Waals surface area contributed by atoms with E-state index in [9.17, 15) is 4.79 Å². The highest BCUT2D eigenvalue weighted by Crippen LogP contribution is 2.30. The van der Waals surface area contributed by atoms with E-state index in [2.05, 4.69) is 11.8 Å². The largest absolute Gasteiger partial charge is 0.298 e. The molecule has 1 aliphatic carbocycles. The lowest BCUT2D eigenvalue weighted by Crippen LogP contribution is -1.96. The Bertz CT molecular complexity index is 167. The van der Waals surface area contributed by atoms with Crippen LogP contribution in [0.3, 0.4) is 0 Å². The first kappa shape index (κ1) is 6.35. The van der Waals surface area contributed by atoms with E-state index in [1.807, 2.05) is 0 Å². The van der Waals surface area contributed by atoms with Gasteiger partial charge < -0.3 is 0 Å². The minimum absolute atomic E-state index is 0.337. The summed E-state index contributed by atoms with van der Waals surface area (Å²) in [5.74, 6) is 6.20. The Labute approximate surface area is 55.4 Å². The van der Waals surface area contributed by atoms with Crippen LogP contribution in [0.15, 0.2) is 0 Å². The number of rotatable bonds is 2. The van der Waals surface area contributed by atoms with Crippen LogP contribution in [0.25, 0.3) is 0 Å². The van der Waals surface area contributed by atoms with Crippen LogP contribution in [-0.4, -0.2) is 5.78 Å². The Kier molecular flexibility index (Phi) is 1.89. The van der Waals surface area contributed by atoms with Crippen molar-refractivity contribution in [3.05, 3.63) is 0 Å². The Hall–Kier alpha value is -0.770. The zero-order valence-electron chi connectivity index (χ0n) is 5.61. The summed E-state index contributed by atoms with van der Waals surface area (Å²) >= 11 is 0. The summed E-state index contributed by atoms with van der Waals surface area (Å²) < 4.78 is 0. The van der Waals surface area contributed by atoms with Gasteiger partial charge in [-0.05, 0) is 19.8 Å². The molecule has 0 aromatic heterocycles. The van der Waals surface area contributed by atoms with Gasteiger partial charge in [0.2, 0.25) is 0 Å². The van der Waals surface area contributed by atoms with Gasteiger partial charge in [0.15, 0.2) is 0 Å². The van der Waals surface area contributed by atoms with Crippen LogP contribution in [0.5, 0.6) is 0 Å². The molecule has 1 heteroatoms. The van der Waals surface area contributed by atoms with Gasteiger partial charge in [0.1, 0.15) is 5.78 Å². The molecule has 0 saturated heterocycles. The third-order valence-electron chi connectivity index (χ3n) is 1.47. The Morgan fingerprint density at radius 3 is 2.78 bits per heavy atom. The summed E-state index contributed by atoms with van der Waals surface area (Å²) in [5.41, 5.74) is 0. The van der Waals surface area contributed by atoms with Crippen molar-refractivity contribution >= 4 is 5.78 Å². The van der Waals surface area contributed by atoms with E-state index in [-0.39, 0.29) is 0 Å². The van der Waals surface area contributed by atoms with Gasteiger partial charge in [0.25, 0.3) is 0 Å². The summed E-state index contributed by atoms with van der Waals surface area (Å²) in [6.45, 7) is 1.76. The molecule has 0 aliphatic heterocycles. The quantitative estimate of drug-likeness (QED) is 0.506. The van der Waals surface area contributed by atoms with Gasteiger partial charge >= 0.3 is 0 Å². The third-order valence-corrected chi connectivity index (χ3v) is 1.47. The van der Waals surface area contributed by atoms with Crippen molar-refractivity contribution in [2.75, 3.05) is 0 Å². The molecule has 0 heterocycles. The maximum Gasteiger partial charge on any atom is 0.147 e. The number of hydrogen-bond donors (Lipinski definition) is 0. The lowest BCUT2D eigenvalue weighted by molar-refractivity contribution is -0.119. The minimum Gasteiger partial charge on any atom is -0.298 e. The predicted molar refractivity (Wildman–Crippen MR) is 35.8 cm³/mol. The van der Waals surface area contributed by atoms with E-state index in [0.717, 1.165) is 12.8 Å². The highest BCUT2D eigenvalue weighted by atomic mass is 16.1. The second kappa shape index (κ2) is 2.68. The van der Waals surface area contributed by atoms with Crippen LogP contribution < -0.4 is 0 Å². The molecule has 0 unspecified atom stereocenters. The van der Waals surface area contributed by atoms with Gasteiger partial charge in [-0.3, -0.25) is 4.79 Å². The van der Waals surface area contributed by atoms with Gasteiger partial charge in [0, 0.05) is 5.92 Å². The van der Waals surface area contributed by atoms with E-state index >= 15 is 0 Å². The molecule has 0 aromatic rings. The zero-order valence-corrected chi connectivity index (χ0v) is 5.61. The molecular formula is C8H10O. The molecule has 0 amide bonds. The smallest absolute Gasteiger partial charge is 0.147 e. The molecule has 48 valence electrons. The first-order valence-electron chi connectivity index (χ1n) is 3.27. The van der Waals surface area contributed by atoms with Crippen molar-refractivity contribution in [3.63, 3.8) is 0 Å². The van der Waals surface area contributed by atoms with Crippen molar-refractivity contribution < 1.29 is 4.79 Å². The molecule has 1 rings (SSSR count). The van der Waals surface area contributed by atoms with Crippen LogP contribution in [0, 0.1) is 17.8 Å². The van der Waals surface area contributed by atoms with Crippen LogP contribution in [0.2, 0.25) is 0 Å². The summed E-state index contributed by atoms with van der Waals surface area (Å²) in [7, 11) is 0. The number of carbonyl (C=O) groups excluding carboxylic acids is 1. The van der Waals surface area contributed by atoms with Gasteiger partial charge in [0.05, 0.1) is 6.42 Å². The van der Waals surface area contributed by atoms with Crippen LogP contribution in [-0.2, 0) is 4.79 Å². The summed E-state index contributed by atoms with van der Waals surface area (Å²) in [5, 5.41) is 0. The molecule has 1 aliphatic rings. The lowest BCUT2D eigenvalue weighted by Gasteiger charge is -1.85. The highest BCUT2D eigenvalue weighted by Gasteiger charge is 2.28. The SMILES string of the molecule is CC#CCC(=O)C1CC1. The Morgan fingerprint density at radius 2 is 2.33 bits per heavy atom. The third kappa shape index (κ3) is 1.89. The molecule has 0 aromatic carbocycles. The maximum absolute atomic E-state index is 10.9. The number of carbonyl (C=O) groups is 1. The number of hydrogen-bond acceptors (Lipinski definition) is 1. The fraction of sp³-hybridized carbons (Fsp3) is 0.625. The number of Topliss-reactive ketones (excluding diaryl/α,β-unsaturated/α-hetero) is 1. The summed E-state index contributed by atoms with van der Waals surface area (Å²) in [6, 6.07) is 0. The van der Waals surface area contributed by atoms with Crippen molar-refractivity contribution in [1.29, 1.82) is 0 Å². The average molecular weight is 122 g/mol. The van der Waals surface area contributed by atoms with Crippen LogP contribution >= 0.6 is 0 Å². The van der Waals surface area contributed by atoms with Crippen molar-refractivity contribution in [1.82, 2.24) is 0 Å². The normalized spacial score (nSPS) is 16.1. The first-order chi connectivity index (χ1) is 4.34. The van der Waals surface area contributed by atoms with Crippen molar-refractivity contribution in [2.45, 2.75) is 26.2 Å². The predicted octanol–water partition coefficient (Wildman–Crippen LogP) is 1.38. The van der Waals surface area contributed by atoms with Crippen molar-refractivity contribution in [2.24, 2.45) is 5.92 Å². The van der Waals surface area contributed by atoms with Gasteiger partial charge in [-0.1, -0.05) is 5.92 Å². The molecule has 1 saturated carbocycles. The topological polar surface area (TPSA) is 17.1 Å². The van der Waals surface area contributed by atoms with E-state index in [1.165, 1.54) is 0 Å². The summed E-state index contributed by atoms with van der Waals surface area (Å²) in [6.07, 6.45) is 2.68. The van der Waals surface area contributed by atoms with Gasteiger partial charge in [-0.15, -0.1) is 5.92 Å². The number of ketones is 1. The molecule has 1 nitrogen and oxygen atoms in total. The fourth-order valence-corrected chi connectivity index (χ4v) is 0.725. The first-order valence-corrected chi connectivity index (χ1v) is 3.27. The molecule has 0 bridgehead atoms. The highest BCUT2D eigenvalue weighted by molar-refractivity contribution is 5.85. The molecular weight excluding hydrogens is 112 g/mol. The Morgan fingerprint density at radius 1 is 1.67 bits per heavy atom. The standard InChI is InChI=1S/C8H10O/c1-2-3-4-8(9)7-5-6-7/h7H,4-6H2,1H3.